The number of rotatable bonds is 2. The average Bonchev–Trinajstić information content (AvgIpc) is 2.64. The fourth-order valence-corrected chi connectivity index (χ4v) is 2.21. The second-order valence-corrected chi connectivity index (χ2v) is 4.34. The van der Waals surface area contributed by atoms with Crippen LogP contribution in [-0.2, 0) is 4.79 Å². The molecule has 3 nitrogen and oxygen atoms in total. The zero-order valence-electron chi connectivity index (χ0n) is 10.1. The summed E-state index contributed by atoms with van der Waals surface area (Å²) >= 11 is 0. The van der Waals surface area contributed by atoms with E-state index in [4.69, 9.17) is 0 Å². The van der Waals surface area contributed by atoms with Crippen molar-refractivity contribution >= 4 is 11.6 Å². The van der Waals surface area contributed by atoms with Crippen LogP contribution in [0.25, 0.3) is 0 Å². The van der Waals surface area contributed by atoms with Gasteiger partial charge in [0.15, 0.2) is 0 Å². The molecular formula is C13H18N2O. The van der Waals surface area contributed by atoms with Crippen LogP contribution in [0.15, 0.2) is 18.2 Å². The maximum absolute atomic E-state index is 12.1. The zero-order valence-corrected chi connectivity index (χ0v) is 10.1. The number of benzene rings is 1. The van der Waals surface area contributed by atoms with Crippen molar-refractivity contribution in [2.75, 3.05) is 18.5 Å². The van der Waals surface area contributed by atoms with E-state index in [1.807, 2.05) is 24.1 Å². The van der Waals surface area contributed by atoms with E-state index in [-0.39, 0.29) is 11.9 Å². The van der Waals surface area contributed by atoms with Gasteiger partial charge in [-0.3, -0.25) is 4.79 Å². The van der Waals surface area contributed by atoms with Gasteiger partial charge in [0.25, 0.3) is 0 Å². The van der Waals surface area contributed by atoms with E-state index >= 15 is 0 Å². The Balaban J connectivity index is 2.32. The number of carbonyl (C=O) groups excluding carboxylic acids is 1. The highest BCUT2D eigenvalue weighted by Crippen LogP contribution is 2.26. The van der Waals surface area contributed by atoms with Crippen LogP contribution in [0.1, 0.15) is 17.5 Å². The Kier molecular flexibility index (Phi) is 2.97. The van der Waals surface area contributed by atoms with Gasteiger partial charge in [-0.25, -0.2) is 0 Å². The van der Waals surface area contributed by atoms with E-state index in [1.54, 1.807) is 0 Å². The first-order chi connectivity index (χ1) is 7.65. The Morgan fingerprint density at radius 1 is 1.38 bits per heavy atom. The summed E-state index contributed by atoms with van der Waals surface area (Å²) in [5, 5.41) is 3.06. The molecule has 1 aliphatic rings. The molecule has 16 heavy (non-hydrogen) atoms. The Hall–Kier alpha value is -1.35. The van der Waals surface area contributed by atoms with Gasteiger partial charge >= 0.3 is 0 Å². The number of hydrogen-bond acceptors (Lipinski definition) is 2. The van der Waals surface area contributed by atoms with Crippen LogP contribution in [0, 0.1) is 13.8 Å². The van der Waals surface area contributed by atoms with Crippen LogP contribution >= 0.6 is 0 Å². The van der Waals surface area contributed by atoms with Crippen LogP contribution in [0.2, 0.25) is 0 Å². The quantitative estimate of drug-likeness (QED) is 0.818. The molecule has 0 spiro atoms. The first kappa shape index (κ1) is 11.1. The summed E-state index contributed by atoms with van der Waals surface area (Å²) in [4.78, 5) is 14.0. The van der Waals surface area contributed by atoms with E-state index in [0.717, 1.165) is 18.7 Å². The molecule has 86 valence electrons. The molecular weight excluding hydrogens is 200 g/mol. The fraction of sp³-hybridized carbons (Fsp3) is 0.462. The molecule has 1 amide bonds. The van der Waals surface area contributed by atoms with Crippen LogP contribution in [0.4, 0.5) is 5.69 Å². The molecule has 0 aromatic heterocycles. The van der Waals surface area contributed by atoms with Crippen molar-refractivity contribution in [2.24, 2.45) is 0 Å². The van der Waals surface area contributed by atoms with Crippen molar-refractivity contribution in [1.29, 1.82) is 0 Å². The van der Waals surface area contributed by atoms with Crippen molar-refractivity contribution in [1.82, 2.24) is 5.32 Å². The molecule has 1 aliphatic heterocycles. The molecule has 1 heterocycles. The van der Waals surface area contributed by atoms with Gasteiger partial charge in [0.2, 0.25) is 5.91 Å². The third-order valence-electron chi connectivity index (χ3n) is 3.42. The Morgan fingerprint density at radius 3 is 2.75 bits per heavy atom. The summed E-state index contributed by atoms with van der Waals surface area (Å²) in [5.74, 6) is 0.191. The summed E-state index contributed by atoms with van der Waals surface area (Å²) in [7, 11) is 1.84. The zero-order chi connectivity index (χ0) is 11.7. The normalized spacial score (nSPS) is 20.6. The molecule has 1 atom stereocenters. The topological polar surface area (TPSA) is 32.3 Å². The van der Waals surface area contributed by atoms with Crippen molar-refractivity contribution in [3.05, 3.63) is 29.3 Å². The number of aryl methyl sites for hydroxylation is 1. The number of amides is 1. The monoisotopic (exact) mass is 218 g/mol. The number of anilines is 1. The molecule has 2 rings (SSSR count). The van der Waals surface area contributed by atoms with Gasteiger partial charge in [-0.05, 0) is 44.5 Å². The van der Waals surface area contributed by atoms with E-state index in [1.165, 1.54) is 11.1 Å². The maximum atomic E-state index is 12.1. The second kappa shape index (κ2) is 4.26. The third-order valence-corrected chi connectivity index (χ3v) is 3.42. The third kappa shape index (κ3) is 1.71. The lowest BCUT2D eigenvalue weighted by Gasteiger charge is -2.20. The molecule has 1 aromatic rings. The van der Waals surface area contributed by atoms with E-state index in [0.29, 0.717) is 0 Å². The number of nitrogens with one attached hydrogen (secondary N) is 1. The molecule has 0 saturated carbocycles. The van der Waals surface area contributed by atoms with Gasteiger partial charge < -0.3 is 10.2 Å². The smallest absolute Gasteiger partial charge is 0.244 e. The molecule has 3 heteroatoms. The lowest BCUT2D eigenvalue weighted by atomic mass is 10.1. The Morgan fingerprint density at radius 2 is 2.12 bits per heavy atom. The molecule has 0 aliphatic carbocycles. The SMILES string of the molecule is CNC1CCN(c2cccc(C)c2C)C1=O. The predicted molar refractivity (Wildman–Crippen MR) is 65.7 cm³/mol. The molecule has 1 saturated heterocycles. The lowest BCUT2D eigenvalue weighted by molar-refractivity contribution is -0.118. The van der Waals surface area contributed by atoms with Crippen molar-refractivity contribution in [3.63, 3.8) is 0 Å². The minimum Gasteiger partial charge on any atom is -0.311 e. The summed E-state index contributed by atoms with van der Waals surface area (Å²) in [6.07, 6.45) is 0.892. The average molecular weight is 218 g/mol. The lowest BCUT2D eigenvalue weighted by Crippen LogP contribution is -2.36. The highest BCUT2D eigenvalue weighted by atomic mass is 16.2. The van der Waals surface area contributed by atoms with Gasteiger partial charge in [-0.1, -0.05) is 12.1 Å². The number of carbonyl (C=O) groups is 1. The molecule has 1 N–H and O–H groups in total. The second-order valence-electron chi connectivity index (χ2n) is 4.34. The fourth-order valence-electron chi connectivity index (χ4n) is 2.21. The predicted octanol–water partition coefficient (Wildman–Crippen LogP) is 1.63. The number of hydrogen-bond donors (Lipinski definition) is 1. The van der Waals surface area contributed by atoms with E-state index < -0.39 is 0 Å². The summed E-state index contributed by atoms with van der Waals surface area (Å²) < 4.78 is 0. The largest absolute Gasteiger partial charge is 0.311 e. The highest BCUT2D eigenvalue weighted by molar-refractivity contribution is 6.00. The van der Waals surface area contributed by atoms with Crippen LogP contribution in [0.5, 0.6) is 0 Å². The van der Waals surface area contributed by atoms with Crippen LogP contribution in [-0.4, -0.2) is 25.5 Å². The minimum atomic E-state index is -0.0140. The van der Waals surface area contributed by atoms with Crippen molar-refractivity contribution in [2.45, 2.75) is 26.3 Å². The molecule has 0 bridgehead atoms. The van der Waals surface area contributed by atoms with Crippen LogP contribution in [0.3, 0.4) is 0 Å². The number of nitrogens with zero attached hydrogens (tertiary/aromatic N) is 1. The maximum Gasteiger partial charge on any atom is 0.244 e. The Labute approximate surface area is 96.5 Å². The summed E-state index contributed by atoms with van der Waals surface area (Å²) in [6.45, 7) is 4.97. The molecule has 1 aromatic carbocycles. The van der Waals surface area contributed by atoms with Gasteiger partial charge in [0, 0.05) is 12.2 Å². The molecule has 1 unspecified atom stereocenters. The first-order valence-corrected chi connectivity index (χ1v) is 5.70. The van der Waals surface area contributed by atoms with E-state index in [2.05, 4.69) is 25.2 Å². The first-order valence-electron chi connectivity index (χ1n) is 5.70. The van der Waals surface area contributed by atoms with Crippen molar-refractivity contribution in [3.8, 4) is 0 Å². The summed E-state index contributed by atoms with van der Waals surface area (Å²) in [6, 6.07) is 6.10. The Bertz CT molecular complexity index is 414. The number of likely N-dealkylation sites (N-methyl/N-ethyl adjacent to an activating group) is 1. The summed E-state index contributed by atoms with van der Waals surface area (Å²) in [5.41, 5.74) is 3.49. The van der Waals surface area contributed by atoms with Gasteiger partial charge in [-0.15, -0.1) is 0 Å². The van der Waals surface area contributed by atoms with Crippen LogP contribution < -0.4 is 10.2 Å². The van der Waals surface area contributed by atoms with Gasteiger partial charge in [0.1, 0.15) is 0 Å². The highest BCUT2D eigenvalue weighted by Gasteiger charge is 2.31. The molecule has 1 fully saturated rings. The standard InChI is InChI=1S/C13H18N2O/c1-9-5-4-6-12(10(9)2)15-8-7-11(14-3)13(15)16/h4-6,11,14H,7-8H2,1-3H3. The van der Waals surface area contributed by atoms with Gasteiger partial charge in [-0.2, -0.15) is 0 Å². The molecule has 0 radical (unpaired) electrons. The van der Waals surface area contributed by atoms with E-state index in [9.17, 15) is 4.79 Å². The minimum absolute atomic E-state index is 0.0140. The van der Waals surface area contributed by atoms with Gasteiger partial charge in [0.05, 0.1) is 6.04 Å². The van der Waals surface area contributed by atoms with Crippen molar-refractivity contribution < 1.29 is 4.79 Å².